The molecule has 1 aliphatic heterocycles. The Bertz CT molecular complexity index is 394. The highest BCUT2D eigenvalue weighted by Crippen LogP contribution is 2.28. The summed E-state index contributed by atoms with van der Waals surface area (Å²) in [6.07, 6.45) is 2.50. The zero-order valence-electron chi connectivity index (χ0n) is 9.59. The van der Waals surface area contributed by atoms with Crippen molar-refractivity contribution in [1.82, 2.24) is 4.90 Å². The summed E-state index contributed by atoms with van der Waals surface area (Å²) in [6, 6.07) is 2.61. The normalized spacial score (nSPS) is 16.4. The number of rotatable bonds is 4. The fourth-order valence-electron chi connectivity index (χ4n) is 1.96. The molecule has 5 heteroatoms. The lowest BCUT2D eigenvalue weighted by Crippen LogP contribution is -2.25. The molecule has 0 saturated carbocycles. The lowest BCUT2D eigenvalue weighted by molar-refractivity contribution is 0.238. The lowest BCUT2D eigenvalue weighted by Gasteiger charge is -2.15. The van der Waals surface area contributed by atoms with Crippen LogP contribution in [0.15, 0.2) is 12.1 Å². The summed E-state index contributed by atoms with van der Waals surface area (Å²) in [5, 5.41) is 0.0226. The van der Waals surface area contributed by atoms with E-state index in [1.54, 1.807) is 0 Å². The lowest BCUT2D eigenvalue weighted by atomic mass is 10.3. The van der Waals surface area contributed by atoms with E-state index in [0.717, 1.165) is 19.6 Å². The number of likely N-dealkylation sites (tertiary alicyclic amines) is 1. The van der Waals surface area contributed by atoms with E-state index in [2.05, 4.69) is 4.90 Å². The number of ether oxygens (including phenoxy) is 1. The summed E-state index contributed by atoms with van der Waals surface area (Å²) in [7, 11) is 0. The highest BCUT2D eigenvalue weighted by Gasteiger charge is 2.12. The van der Waals surface area contributed by atoms with Crippen LogP contribution in [0.1, 0.15) is 12.8 Å². The summed E-state index contributed by atoms with van der Waals surface area (Å²) < 4.78 is 18.7. The van der Waals surface area contributed by atoms with Gasteiger partial charge in [-0.3, -0.25) is 4.90 Å². The smallest absolute Gasteiger partial charge is 0.145 e. The van der Waals surface area contributed by atoms with Gasteiger partial charge in [0.2, 0.25) is 0 Å². The van der Waals surface area contributed by atoms with Crippen molar-refractivity contribution in [3.05, 3.63) is 23.0 Å². The van der Waals surface area contributed by atoms with Crippen LogP contribution >= 0.6 is 11.6 Å². The van der Waals surface area contributed by atoms with Crippen molar-refractivity contribution in [2.75, 3.05) is 32.0 Å². The van der Waals surface area contributed by atoms with Gasteiger partial charge in [-0.15, -0.1) is 0 Å². The van der Waals surface area contributed by atoms with Crippen LogP contribution in [0.3, 0.4) is 0 Å². The van der Waals surface area contributed by atoms with Gasteiger partial charge >= 0.3 is 0 Å². The number of halogens is 2. The van der Waals surface area contributed by atoms with E-state index in [9.17, 15) is 4.39 Å². The summed E-state index contributed by atoms with van der Waals surface area (Å²) >= 11 is 5.60. The van der Waals surface area contributed by atoms with E-state index in [1.165, 1.54) is 25.0 Å². The molecule has 2 N–H and O–H groups in total. The van der Waals surface area contributed by atoms with Gasteiger partial charge in [0.15, 0.2) is 0 Å². The summed E-state index contributed by atoms with van der Waals surface area (Å²) in [5.41, 5.74) is 6.07. The highest BCUT2D eigenvalue weighted by atomic mass is 35.5. The van der Waals surface area contributed by atoms with E-state index in [0.29, 0.717) is 18.0 Å². The van der Waals surface area contributed by atoms with E-state index in [4.69, 9.17) is 22.1 Å². The maximum atomic E-state index is 13.2. The molecule has 0 bridgehead atoms. The van der Waals surface area contributed by atoms with Crippen molar-refractivity contribution in [2.45, 2.75) is 12.8 Å². The van der Waals surface area contributed by atoms with E-state index in [-0.39, 0.29) is 5.02 Å². The van der Waals surface area contributed by atoms with Gasteiger partial charge in [-0.05, 0) is 32.0 Å². The Hall–Kier alpha value is -1.00. The second kappa shape index (κ2) is 5.56. The quantitative estimate of drug-likeness (QED) is 0.844. The molecule has 1 aromatic rings. The largest absolute Gasteiger partial charge is 0.490 e. The molecule has 2 rings (SSSR count). The Morgan fingerprint density at radius 1 is 1.35 bits per heavy atom. The van der Waals surface area contributed by atoms with Gasteiger partial charge < -0.3 is 10.5 Å². The van der Waals surface area contributed by atoms with Gasteiger partial charge in [0, 0.05) is 12.6 Å². The zero-order valence-corrected chi connectivity index (χ0v) is 10.3. The van der Waals surface area contributed by atoms with Crippen molar-refractivity contribution < 1.29 is 9.13 Å². The summed E-state index contributed by atoms with van der Waals surface area (Å²) in [4.78, 5) is 2.32. The Kier molecular flexibility index (Phi) is 4.07. The predicted molar refractivity (Wildman–Crippen MR) is 67.0 cm³/mol. The summed E-state index contributed by atoms with van der Waals surface area (Å²) in [6.45, 7) is 3.61. The van der Waals surface area contributed by atoms with Gasteiger partial charge in [0.1, 0.15) is 18.2 Å². The van der Waals surface area contributed by atoms with E-state index >= 15 is 0 Å². The van der Waals surface area contributed by atoms with Crippen molar-refractivity contribution in [2.24, 2.45) is 0 Å². The van der Waals surface area contributed by atoms with Gasteiger partial charge in [-0.25, -0.2) is 4.39 Å². The van der Waals surface area contributed by atoms with Crippen LogP contribution in [0.25, 0.3) is 0 Å². The Labute approximate surface area is 105 Å². The van der Waals surface area contributed by atoms with Crippen molar-refractivity contribution >= 4 is 17.3 Å². The molecule has 0 unspecified atom stereocenters. The molecule has 0 aliphatic carbocycles. The third kappa shape index (κ3) is 3.23. The number of anilines is 1. The molecule has 94 valence electrons. The molecule has 1 aromatic carbocycles. The van der Waals surface area contributed by atoms with Crippen molar-refractivity contribution in [3.63, 3.8) is 0 Å². The first-order chi connectivity index (χ1) is 8.16. The number of hydrogen-bond donors (Lipinski definition) is 1. The monoisotopic (exact) mass is 258 g/mol. The first-order valence-electron chi connectivity index (χ1n) is 5.76. The molecular weight excluding hydrogens is 243 g/mol. The van der Waals surface area contributed by atoms with Crippen LogP contribution in [0, 0.1) is 5.82 Å². The molecule has 0 spiro atoms. The van der Waals surface area contributed by atoms with Crippen molar-refractivity contribution in [1.29, 1.82) is 0 Å². The molecular formula is C12H16ClFN2O. The number of hydrogen-bond acceptors (Lipinski definition) is 3. The van der Waals surface area contributed by atoms with Gasteiger partial charge in [-0.1, -0.05) is 11.6 Å². The van der Waals surface area contributed by atoms with Crippen LogP contribution in [0.2, 0.25) is 5.02 Å². The first-order valence-corrected chi connectivity index (χ1v) is 6.14. The average Bonchev–Trinajstić information content (AvgIpc) is 2.78. The minimum atomic E-state index is -0.503. The Morgan fingerprint density at radius 2 is 2.06 bits per heavy atom. The predicted octanol–water partition coefficient (Wildman–Crippen LogP) is 2.54. The third-order valence-electron chi connectivity index (χ3n) is 2.92. The minimum absolute atomic E-state index is 0.0226. The molecule has 1 fully saturated rings. The van der Waals surface area contributed by atoms with Crippen molar-refractivity contribution in [3.8, 4) is 5.75 Å². The number of nitrogens with zero attached hydrogens (tertiary/aromatic N) is 1. The third-order valence-corrected chi connectivity index (χ3v) is 3.21. The number of benzene rings is 1. The van der Waals surface area contributed by atoms with Crippen LogP contribution in [0.5, 0.6) is 5.75 Å². The SMILES string of the molecule is Nc1cc(Cl)c(F)cc1OCCN1CCCC1. The van der Waals surface area contributed by atoms with E-state index in [1.807, 2.05) is 0 Å². The molecule has 0 aromatic heterocycles. The topological polar surface area (TPSA) is 38.5 Å². The van der Waals surface area contributed by atoms with Gasteiger partial charge in [-0.2, -0.15) is 0 Å². The van der Waals surface area contributed by atoms with Crippen LogP contribution in [-0.2, 0) is 0 Å². The van der Waals surface area contributed by atoms with Crippen LogP contribution in [-0.4, -0.2) is 31.1 Å². The first kappa shape index (κ1) is 12.5. The average molecular weight is 259 g/mol. The Balaban J connectivity index is 1.87. The second-order valence-electron chi connectivity index (χ2n) is 4.20. The number of nitrogens with two attached hydrogens (primary N) is 1. The molecule has 0 amide bonds. The van der Waals surface area contributed by atoms with Crippen LogP contribution in [0.4, 0.5) is 10.1 Å². The zero-order chi connectivity index (χ0) is 12.3. The molecule has 17 heavy (non-hydrogen) atoms. The maximum Gasteiger partial charge on any atom is 0.145 e. The maximum absolute atomic E-state index is 13.2. The van der Waals surface area contributed by atoms with Gasteiger partial charge in [0.05, 0.1) is 10.7 Å². The molecule has 3 nitrogen and oxygen atoms in total. The number of nitrogen functional groups attached to an aromatic ring is 1. The van der Waals surface area contributed by atoms with Gasteiger partial charge in [0.25, 0.3) is 0 Å². The molecule has 0 radical (unpaired) electrons. The standard InChI is InChI=1S/C12H16ClFN2O/c13-9-7-11(15)12(8-10(9)14)17-6-5-16-3-1-2-4-16/h7-8H,1-6,15H2. The summed E-state index contributed by atoms with van der Waals surface area (Å²) in [5.74, 6) is -0.136. The molecule has 1 aliphatic rings. The fraction of sp³-hybridized carbons (Fsp3) is 0.500. The fourth-order valence-corrected chi connectivity index (χ4v) is 2.13. The Morgan fingerprint density at radius 3 is 2.76 bits per heavy atom. The highest BCUT2D eigenvalue weighted by molar-refractivity contribution is 6.31. The second-order valence-corrected chi connectivity index (χ2v) is 4.61. The van der Waals surface area contributed by atoms with Crippen LogP contribution < -0.4 is 10.5 Å². The molecule has 1 saturated heterocycles. The molecule has 0 atom stereocenters. The minimum Gasteiger partial charge on any atom is -0.490 e. The molecule has 1 heterocycles. The van der Waals surface area contributed by atoms with E-state index < -0.39 is 5.82 Å².